The molecular formula is C11H12N2O3. The summed E-state index contributed by atoms with van der Waals surface area (Å²) in [6.07, 6.45) is -0.199. The number of ether oxygens (including phenoxy) is 1. The summed E-state index contributed by atoms with van der Waals surface area (Å²) in [6.45, 7) is 1.84. The van der Waals surface area contributed by atoms with E-state index in [9.17, 15) is 0 Å². The smallest absolute Gasteiger partial charge is 0.258 e. The van der Waals surface area contributed by atoms with E-state index < -0.39 is 0 Å². The van der Waals surface area contributed by atoms with Crippen molar-refractivity contribution < 1.29 is 14.4 Å². The SMILES string of the molecule is COC(C)c1noc(-c2ccc(O)cc2)n1. The van der Waals surface area contributed by atoms with Crippen LogP contribution in [0.3, 0.4) is 0 Å². The van der Waals surface area contributed by atoms with Crippen molar-refractivity contribution in [3.63, 3.8) is 0 Å². The predicted octanol–water partition coefficient (Wildman–Crippen LogP) is 2.15. The molecule has 16 heavy (non-hydrogen) atoms. The maximum absolute atomic E-state index is 9.15. The number of aromatic nitrogens is 2. The molecule has 1 N–H and O–H groups in total. The van der Waals surface area contributed by atoms with Crippen LogP contribution in [-0.2, 0) is 4.74 Å². The topological polar surface area (TPSA) is 68.4 Å². The zero-order valence-corrected chi connectivity index (χ0v) is 9.04. The van der Waals surface area contributed by atoms with Crippen LogP contribution in [0.1, 0.15) is 18.9 Å². The van der Waals surface area contributed by atoms with E-state index >= 15 is 0 Å². The Balaban J connectivity index is 2.28. The normalized spacial score (nSPS) is 12.6. The highest BCUT2D eigenvalue weighted by Gasteiger charge is 2.13. The van der Waals surface area contributed by atoms with Gasteiger partial charge in [-0.05, 0) is 31.2 Å². The van der Waals surface area contributed by atoms with E-state index in [1.807, 2.05) is 6.92 Å². The molecule has 0 radical (unpaired) electrons. The lowest BCUT2D eigenvalue weighted by atomic mass is 10.2. The molecule has 0 saturated carbocycles. The van der Waals surface area contributed by atoms with Gasteiger partial charge in [0, 0.05) is 12.7 Å². The number of methoxy groups -OCH3 is 1. The first-order valence-corrected chi connectivity index (χ1v) is 4.86. The van der Waals surface area contributed by atoms with Gasteiger partial charge in [-0.25, -0.2) is 0 Å². The number of benzene rings is 1. The Kier molecular flexibility index (Phi) is 2.87. The van der Waals surface area contributed by atoms with Crippen molar-refractivity contribution in [2.45, 2.75) is 13.0 Å². The molecule has 0 aliphatic rings. The van der Waals surface area contributed by atoms with E-state index in [-0.39, 0.29) is 11.9 Å². The molecule has 0 fully saturated rings. The first-order chi connectivity index (χ1) is 7.70. The number of aromatic hydroxyl groups is 1. The van der Waals surface area contributed by atoms with Crippen LogP contribution in [-0.4, -0.2) is 22.4 Å². The van der Waals surface area contributed by atoms with Crippen molar-refractivity contribution in [2.24, 2.45) is 0 Å². The van der Waals surface area contributed by atoms with Crippen molar-refractivity contribution in [3.8, 4) is 17.2 Å². The Hall–Kier alpha value is -1.88. The Labute approximate surface area is 92.7 Å². The number of hydrogen-bond donors (Lipinski definition) is 1. The summed E-state index contributed by atoms with van der Waals surface area (Å²) in [5.41, 5.74) is 0.764. The molecule has 0 saturated heterocycles. The van der Waals surface area contributed by atoms with Gasteiger partial charge in [-0.1, -0.05) is 5.16 Å². The van der Waals surface area contributed by atoms with Gasteiger partial charge in [-0.2, -0.15) is 4.98 Å². The summed E-state index contributed by atoms with van der Waals surface area (Å²) in [5, 5.41) is 13.0. The van der Waals surface area contributed by atoms with Gasteiger partial charge in [0.15, 0.2) is 0 Å². The third-order valence-corrected chi connectivity index (χ3v) is 2.27. The first kappa shape index (κ1) is 10.6. The maximum atomic E-state index is 9.15. The van der Waals surface area contributed by atoms with Crippen LogP contribution in [0.15, 0.2) is 28.8 Å². The Morgan fingerprint density at radius 3 is 2.62 bits per heavy atom. The standard InChI is InChI=1S/C11H12N2O3/c1-7(15-2)10-12-11(16-13-10)8-3-5-9(14)6-4-8/h3-7,14H,1-2H3. The van der Waals surface area contributed by atoms with Gasteiger partial charge in [0.2, 0.25) is 5.82 Å². The summed E-state index contributed by atoms with van der Waals surface area (Å²) in [6, 6.07) is 6.56. The number of rotatable bonds is 3. The molecule has 5 nitrogen and oxygen atoms in total. The zero-order chi connectivity index (χ0) is 11.5. The van der Waals surface area contributed by atoms with Crippen LogP contribution in [0.5, 0.6) is 5.75 Å². The largest absolute Gasteiger partial charge is 0.508 e. The Morgan fingerprint density at radius 1 is 1.31 bits per heavy atom. The summed E-state index contributed by atoms with van der Waals surface area (Å²) in [7, 11) is 1.58. The summed E-state index contributed by atoms with van der Waals surface area (Å²) in [5.74, 6) is 1.12. The summed E-state index contributed by atoms with van der Waals surface area (Å²) in [4.78, 5) is 4.20. The number of hydrogen-bond acceptors (Lipinski definition) is 5. The molecule has 1 unspecified atom stereocenters. The van der Waals surface area contributed by atoms with E-state index in [4.69, 9.17) is 14.4 Å². The van der Waals surface area contributed by atoms with E-state index in [1.54, 1.807) is 31.4 Å². The van der Waals surface area contributed by atoms with Crippen LogP contribution >= 0.6 is 0 Å². The number of phenolic OH excluding ortho intramolecular Hbond substituents is 1. The number of phenols is 1. The molecule has 1 aromatic heterocycles. The predicted molar refractivity (Wildman–Crippen MR) is 56.8 cm³/mol. The van der Waals surface area contributed by atoms with Crippen LogP contribution in [0.4, 0.5) is 0 Å². The van der Waals surface area contributed by atoms with Crippen molar-refractivity contribution >= 4 is 0 Å². The van der Waals surface area contributed by atoms with E-state index in [0.29, 0.717) is 11.7 Å². The molecule has 1 atom stereocenters. The first-order valence-electron chi connectivity index (χ1n) is 4.86. The minimum Gasteiger partial charge on any atom is -0.508 e. The van der Waals surface area contributed by atoms with Crippen molar-refractivity contribution in [1.82, 2.24) is 10.1 Å². The number of nitrogens with zero attached hydrogens (tertiary/aromatic N) is 2. The third kappa shape index (κ3) is 2.04. The van der Waals surface area contributed by atoms with Crippen LogP contribution < -0.4 is 0 Å². The highest BCUT2D eigenvalue weighted by molar-refractivity contribution is 5.53. The fraction of sp³-hybridized carbons (Fsp3) is 0.273. The van der Waals surface area contributed by atoms with Crippen molar-refractivity contribution in [3.05, 3.63) is 30.1 Å². The monoisotopic (exact) mass is 220 g/mol. The lowest BCUT2D eigenvalue weighted by Crippen LogP contribution is -1.97. The zero-order valence-electron chi connectivity index (χ0n) is 9.04. The second-order valence-electron chi connectivity index (χ2n) is 3.38. The van der Waals surface area contributed by atoms with Crippen molar-refractivity contribution in [2.75, 3.05) is 7.11 Å². The summed E-state index contributed by atoms with van der Waals surface area (Å²) < 4.78 is 10.2. The molecule has 1 heterocycles. The minimum absolute atomic E-state index is 0.199. The Bertz CT molecular complexity index is 464. The van der Waals surface area contributed by atoms with E-state index in [1.165, 1.54) is 0 Å². The molecule has 0 aliphatic carbocycles. The van der Waals surface area contributed by atoms with E-state index in [2.05, 4.69) is 10.1 Å². The average Bonchev–Trinajstić information content (AvgIpc) is 2.78. The van der Waals surface area contributed by atoms with Gasteiger partial charge in [-0.3, -0.25) is 0 Å². The second kappa shape index (κ2) is 4.32. The molecule has 0 aliphatic heterocycles. The van der Waals surface area contributed by atoms with Gasteiger partial charge in [0.05, 0.1) is 0 Å². The molecule has 0 amide bonds. The van der Waals surface area contributed by atoms with Crippen LogP contribution in [0.2, 0.25) is 0 Å². The fourth-order valence-corrected chi connectivity index (χ4v) is 1.23. The molecule has 0 bridgehead atoms. The maximum Gasteiger partial charge on any atom is 0.258 e. The molecule has 2 rings (SSSR count). The molecule has 84 valence electrons. The lowest BCUT2D eigenvalue weighted by molar-refractivity contribution is 0.109. The van der Waals surface area contributed by atoms with Gasteiger partial charge < -0.3 is 14.4 Å². The van der Waals surface area contributed by atoms with Crippen LogP contribution in [0.25, 0.3) is 11.5 Å². The van der Waals surface area contributed by atoms with Gasteiger partial charge in [-0.15, -0.1) is 0 Å². The average molecular weight is 220 g/mol. The van der Waals surface area contributed by atoms with Crippen molar-refractivity contribution in [1.29, 1.82) is 0 Å². The molecule has 5 heteroatoms. The van der Waals surface area contributed by atoms with Gasteiger partial charge in [0.25, 0.3) is 5.89 Å². The summed E-state index contributed by atoms with van der Waals surface area (Å²) >= 11 is 0. The highest BCUT2D eigenvalue weighted by atomic mass is 16.5. The molecule has 0 spiro atoms. The van der Waals surface area contributed by atoms with Crippen LogP contribution in [0, 0.1) is 0 Å². The molecule has 2 aromatic rings. The Morgan fingerprint density at radius 2 is 2.00 bits per heavy atom. The molecular weight excluding hydrogens is 208 g/mol. The third-order valence-electron chi connectivity index (χ3n) is 2.27. The quantitative estimate of drug-likeness (QED) is 0.858. The van der Waals surface area contributed by atoms with Gasteiger partial charge >= 0.3 is 0 Å². The fourth-order valence-electron chi connectivity index (χ4n) is 1.23. The molecule has 1 aromatic carbocycles. The lowest BCUT2D eigenvalue weighted by Gasteiger charge is -2.00. The minimum atomic E-state index is -0.199. The van der Waals surface area contributed by atoms with E-state index in [0.717, 1.165) is 5.56 Å². The second-order valence-corrected chi connectivity index (χ2v) is 3.38. The highest BCUT2D eigenvalue weighted by Crippen LogP contribution is 2.22. The van der Waals surface area contributed by atoms with Gasteiger partial charge in [0.1, 0.15) is 11.9 Å².